The van der Waals surface area contributed by atoms with Crippen LogP contribution in [0.15, 0.2) is 38.3 Å². The Labute approximate surface area is 183 Å². The molecule has 3 aliphatic rings. The summed E-state index contributed by atoms with van der Waals surface area (Å²) in [5.74, 6) is -1.75. The number of aromatic nitrogens is 2. The van der Waals surface area contributed by atoms with Crippen molar-refractivity contribution in [1.82, 2.24) is 14.5 Å². The highest BCUT2D eigenvalue weighted by atomic mass is 32.2. The Morgan fingerprint density at radius 3 is 2.50 bits per heavy atom. The lowest BCUT2D eigenvalue weighted by molar-refractivity contribution is -0.144. The summed E-state index contributed by atoms with van der Waals surface area (Å²) >= 11 is 1.07. The first-order valence-corrected chi connectivity index (χ1v) is 10.2. The SMILES string of the molecule is Cn1c(C(F)(F)F)cc(=O)n(C2=CC3C(C4(O)C(=O)NC(=N)C4(C)C)=NSC3C=C2)c1=O. The van der Waals surface area contributed by atoms with Crippen LogP contribution in [0.1, 0.15) is 19.5 Å². The number of alkyl halides is 3. The Morgan fingerprint density at radius 2 is 1.94 bits per heavy atom. The predicted octanol–water partition coefficient (Wildman–Crippen LogP) is 0.928. The first-order chi connectivity index (χ1) is 14.7. The third-order valence-electron chi connectivity index (χ3n) is 6.09. The molecule has 9 nitrogen and oxygen atoms in total. The first kappa shape index (κ1) is 22.3. The topological polar surface area (TPSA) is 130 Å². The summed E-state index contributed by atoms with van der Waals surface area (Å²) in [5.41, 5.74) is -7.18. The molecule has 1 aromatic heterocycles. The van der Waals surface area contributed by atoms with Gasteiger partial charge in [-0.3, -0.25) is 19.6 Å². The van der Waals surface area contributed by atoms with Crippen LogP contribution in [0.25, 0.3) is 5.70 Å². The lowest BCUT2D eigenvalue weighted by Crippen LogP contribution is -2.56. The number of carbonyl (C=O) groups excluding carboxylic acids is 1. The number of rotatable bonds is 2. The summed E-state index contributed by atoms with van der Waals surface area (Å²) in [4.78, 5) is 37.6. The summed E-state index contributed by atoms with van der Waals surface area (Å²) in [6.07, 6.45) is -0.457. The van der Waals surface area contributed by atoms with Crippen molar-refractivity contribution in [2.24, 2.45) is 22.8 Å². The molecule has 3 unspecified atom stereocenters. The maximum atomic E-state index is 13.1. The van der Waals surface area contributed by atoms with E-state index in [9.17, 15) is 32.7 Å². The third kappa shape index (κ3) is 2.87. The van der Waals surface area contributed by atoms with E-state index in [0.29, 0.717) is 15.2 Å². The zero-order chi connectivity index (χ0) is 23.8. The molecule has 1 aliphatic carbocycles. The third-order valence-corrected chi connectivity index (χ3v) is 7.08. The number of nitrogens with zero attached hydrogens (tertiary/aromatic N) is 3. The molecule has 170 valence electrons. The molecule has 1 amide bonds. The van der Waals surface area contributed by atoms with Crippen LogP contribution in [0.3, 0.4) is 0 Å². The van der Waals surface area contributed by atoms with E-state index in [1.165, 1.54) is 26.0 Å². The van der Waals surface area contributed by atoms with Crippen molar-refractivity contribution in [3.8, 4) is 0 Å². The number of fused-ring (bicyclic) bond motifs is 1. The van der Waals surface area contributed by atoms with Crippen molar-refractivity contribution >= 4 is 35.1 Å². The van der Waals surface area contributed by atoms with Gasteiger partial charge in [-0.05, 0) is 37.9 Å². The number of allylic oxidation sites excluding steroid dienone is 3. The molecule has 2 aliphatic heterocycles. The van der Waals surface area contributed by atoms with Gasteiger partial charge in [0, 0.05) is 19.0 Å². The number of aliphatic hydroxyl groups is 1. The van der Waals surface area contributed by atoms with E-state index in [2.05, 4.69) is 9.71 Å². The van der Waals surface area contributed by atoms with Crippen LogP contribution in [0, 0.1) is 16.7 Å². The van der Waals surface area contributed by atoms with Crippen LogP contribution in [0.4, 0.5) is 13.2 Å². The second-order valence-corrected chi connectivity index (χ2v) is 9.17. The smallest absolute Gasteiger partial charge is 0.374 e. The molecular formula is C19H18F3N5O4S. The highest BCUT2D eigenvalue weighted by molar-refractivity contribution is 7.99. The van der Waals surface area contributed by atoms with Crippen molar-refractivity contribution in [2.75, 3.05) is 0 Å². The zero-order valence-electron chi connectivity index (χ0n) is 17.0. The number of halogens is 3. The summed E-state index contributed by atoms with van der Waals surface area (Å²) in [6.45, 7) is 3.01. The van der Waals surface area contributed by atoms with E-state index >= 15 is 0 Å². The first-order valence-electron chi connectivity index (χ1n) is 9.39. The summed E-state index contributed by atoms with van der Waals surface area (Å²) < 4.78 is 44.6. The molecular weight excluding hydrogens is 451 g/mol. The Balaban J connectivity index is 1.83. The molecule has 3 N–H and O–H groups in total. The molecule has 0 spiro atoms. The van der Waals surface area contributed by atoms with Gasteiger partial charge in [0.15, 0.2) is 5.60 Å². The van der Waals surface area contributed by atoms with Crippen molar-refractivity contribution in [3.63, 3.8) is 0 Å². The second kappa shape index (κ2) is 6.78. The lowest BCUT2D eigenvalue weighted by Gasteiger charge is -2.35. The standard InChI is InChI=1S/C19H18F3N5O4S/c1-17(2)14(23)24-15(29)18(17,31)13-9-6-8(4-5-10(9)32-25-13)27-12(28)7-11(19(20,21)22)26(3)16(27)30/h4-7,9-10,31H,1-3H3,(H2,23,24,29). The van der Waals surface area contributed by atoms with Crippen LogP contribution in [-0.2, 0) is 18.0 Å². The van der Waals surface area contributed by atoms with Crippen LogP contribution < -0.4 is 16.6 Å². The molecule has 32 heavy (non-hydrogen) atoms. The minimum absolute atomic E-state index is 0.00402. The molecule has 0 aromatic carbocycles. The van der Waals surface area contributed by atoms with E-state index in [0.717, 1.165) is 19.0 Å². The average Bonchev–Trinajstić information content (AvgIpc) is 3.18. The lowest BCUT2D eigenvalue weighted by atomic mass is 9.69. The number of amides is 1. The highest BCUT2D eigenvalue weighted by Gasteiger charge is 2.64. The minimum Gasteiger partial charge on any atom is -0.374 e. The monoisotopic (exact) mass is 469 g/mol. The van der Waals surface area contributed by atoms with E-state index in [-0.39, 0.29) is 22.5 Å². The molecule has 3 atom stereocenters. The molecule has 1 saturated heterocycles. The van der Waals surface area contributed by atoms with Gasteiger partial charge in [0.2, 0.25) is 0 Å². The summed E-state index contributed by atoms with van der Waals surface area (Å²) in [6, 6.07) is 0.336. The normalized spacial score (nSPS) is 29.0. The van der Waals surface area contributed by atoms with Gasteiger partial charge in [0.05, 0.1) is 22.1 Å². The average molecular weight is 469 g/mol. The number of hydrogen-bond acceptors (Lipinski definition) is 7. The minimum atomic E-state index is -4.88. The molecule has 0 radical (unpaired) electrons. The fraction of sp³-hybridized carbons (Fsp3) is 0.421. The highest BCUT2D eigenvalue weighted by Crippen LogP contribution is 2.47. The maximum absolute atomic E-state index is 13.1. The summed E-state index contributed by atoms with van der Waals surface area (Å²) in [5, 5.41) is 21.3. The Hall–Kier alpha value is -2.93. The van der Waals surface area contributed by atoms with E-state index < -0.39 is 46.0 Å². The predicted molar refractivity (Wildman–Crippen MR) is 111 cm³/mol. The second-order valence-electron chi connectivity index (χ2n) is 8.23. The van der Waals surface area contributed by atoms with E-state index in [1.807, 2.05) is 0 Å². The molecule has 4 rings (SSSR count). The number of carbonyl (C=O) groups is 1. The Bertz CT molecular complexity index is 1270. The van der Waals surface area contributed by atoms with Crippen LogP contribution in [0.2, 0.25) is 0 Å². The van der Waals surface area contributed by atoms with Gasteiger partial charge in [0.25, 0.3) is 11.5 Å². The number of hydrogen-bond donors (Lipinski definition) is 3. The zero-order valence-corrected chi connectivity index (χ0v) is 17.8. The molecule has 1 aromatic rings. The van der Waals surface area contributed by atoms with Crippen LogP contribution >= 0.6 is 11.9 Å². The number of nitrogens with one attached hydrogen (secondary N) is 2. The molecule has 3 heterocycles. The largest absolute Gasteiger partial charge is 0.431 e. The maximum Gasteiger partial charge on any atom is 0.431 e. The molecule has 13 heteroatoms. The fourth-order valence-corrected chi connectivity index (χ4v) is 4.99. The Kier molecular flexibility index (Phi) is 4.72. The van der Waals surface area contributed by atoms with Crippen molar-refractivity contribution in [3.05, 3.63) is 50.8 Å². The quantitative estimate of drug-likeness (QED) is 0.555. The van der Waals surface area contributed by atoms with Gasteiger partial charge in [-0.2, -0.15) is 13.2 Å². The molecule has 0 saturated carbocycles. The van der Waals surface area contributed by atoms with Gasteiger partial charge < -0.3 is 10.4 Å². The van der Waals surface area contributed by atoms with Crippen molar-refractivity contribution < 1.29 is 23.1 Å². The van der Waals surface area contributed by atoms with Gasteiger partial charge >= 0.3 is 11.9 Å². The number of amidine groups is 1. The van der Waals surface area contributed by atoms with Gasteiger partial charge in [-0.15, -0.1) is 0 Å². The van der Waals surface area contributed by atoms with Crippen LogP contribution in [0.5, 0.6) is 0 Å². The molecule has 1 fully saturated rings. The van der Waals surface area contributed by atoms with Gasteiger partial charge in [-0.25, -0.2) is 13.8 Å². The van der Waals surface area contributed by atoms with E-state index in [1.54, 1.807) is 6.08 Å². The van der Waals surface area contributed by atoms with Gasteiger partial charge in [0.1, 0.15) is 11.5 Å². The van der Waals surface area contributed by atoms with E-state index in [4.69, 9.17) is 5.41 Å². The fourth-order valence-electron chi connectivity index (χ4n) is 4.01. The van der Waals surface area contributed by atoms with Crippen molar-refractivity contribution in [2.45, 2.75) is 30.9 Å². The van der Waals surface area contributed by atoms with Crippen molar-refractivity contribution in [1.29, 1.82) is 5.41 Å². The van der Waals surface area contributed by atoms with Gasteiger partial charge in [-0.1, -0.05) is 6.08 Å². The summed E-state index contributed by atoms with van der Waals surface area (Å²) in [7, 11) is 0.912. The Morgan fingerprint density at radius 1 is 1.28 bits per heavy atom. The molecule has 0 bridgehead atoms. The van der Waals surface area contributed by atoms with Crippen LogP contribution in [-0.4, -0.2) is 42.5 Å².